The van der Waals surface area contributed by atoms with Gasteiger partial charge in [-0.25, -0.2) is 4.98 Å². The number of hydrogen-bond donors (Lipinski definition) is 0. The van der Waals surface area contributed by atoms with Crippen LogP contribution in [0.1, 0.15) is 63.9 Å². The van der Waals surface area contributed by atoms with Gasteiger partial charge in [-0.05, 0) is 56.0 Å². The average molecular weight is 379 g/mol. The zero-order chi connectivity index (χ0) is 18.9. The lowest BCUT2D eigenvalue weighted by atomic mass is 10.0. The Morgan fingerprint density at radius 2 is 2.04 bits per heavy atom. The number of pyridine rings is 1. The van der Waals surface area contributed by atoms with E-state index in [1.165, 1.54) is 17.8 Å². The molecule has 0 spiro atoms. The minimum absolute atomic E-state index is 0.00817. The van der Waals surface area contributed by atoms with Crippen molar-refractivity contribution in [2.45, 2.75) is 45.2 Å². The second-order valence-electron chi connectivity index (χ2n) is 7.70. The number of thiazole rings is 1. The molecular weight excluding hydrogens is 358 g/mol. The Morgan fingerprint density at radius 3 is 2.78 bits per heavy atom. The Labute approximate surface area is 161 Å². The first kappa shape index (κ1) is 16.7. The van der Waals surface area contributed by atoms with E-state index in [0.717, 1.165) is 27.0 Å². The van der Waals surface area contributed by atoms with Crippen LogP contribution in [0.2, 0.25) is 0 Å². The molecule has 1 aliphatic heterocycles. The van der Waals surface area contributed by atoms with Gasteiger partial charge >= 0.3 is 0 Å². The highest BCUT2D eigenvalue weighted by molar-refractivity contribution is 7.18. The molecule has 3 aromatic rings. The Balaban J connectivity index is 1.51. The molecule has 3 heterocycles. The van der Waals surface area contributed by atoms with E-state index in [1.54, 1.807) is 29.0 Å². The van der Waals surface area contributed by atoms with Gasteiger partial charge in [-0.1, -0.05) is 0 Å². The number of rotatable bonds is 2. The molecule has 1 aliphatic carbocycles. The molecule has 6 heteroatoms. The number of amides is 1. The van der Waals surface area contributed by atoms with Crippen molar-refractivity contribution >= 4 is 27.5 Å². The van der Waals surface area contributed by atoms with Gasteiger partial charge in [-0.3, -0.25) is 9.59 Å². The fourth-order valence-electron chi connectivity index (χ4n) is 4.11. The van der Waals surface area contributed by atoms with Crippen LogP contribution >= 0.6 is 11.3 Å². The summed E-state index contributed by atoms with van der Waals surface area (Å²) in [6.45, 7) is 4.46. The van der Waals surface area contributed by atoms with E-state index in [2.05, 4.69) is 0 Å². The number of hydrogen-bond acceptors (Lipinski definition) is 4. The molecule has 138 valence electrons. The van der Waals surface area contributed by atoms with Gasteiger partial charge in [-0.2, -0.15) is 0 Å². The summed E-state index contributed by atoms with van der Waals surface area (Å²) in [5, 5.41) is 1.20. The third-order valence-corrected chi connectivity index (χ3v) is 7.04. The van der Waals surface area contributed by atoms with Crippen LogP contribution in [-0.4, -0.2) is 20.4 Å². The lowest BCUT2D eigenvalue weighted by Crippen LogP contribution is -2.28. The number of carbonyl (C=O) groups excluding carboxylic acids is 1. The first-order valence-electron chi connectivity index (χ1n) is 9.35. The standard InChI is InChI=1S/C21H21N3O2S/c1-11-8-18(25)23(3)16-10-24(12(2)19(11)16)21(26)14-6-7-15-17(9-14)27-20(22-15)13-4-5-13/h6-9,12-13H,4-5,10H2,1-3H3. The van der Waals surface area contributed by atoms with Gasteiger partial charge in [0.25, 0.3) is 11.5 Å². The SMILES string of the molecule is Cc1cc(=O)n(C)c2c1C(C)N(C(=O)c1ccc3nc(C4CC4)sc3c1)C2. The van der Waals surface area contributed by atoms with Crippen molar-refractivity contribution in [3.8, 4) is 0 Å². The molecule has 0 saturated heterocycles. The van der Waals surface area contributed by atoms with Crippen LogP contribution in [0.4, 0.5) is 0 Å². The van der Waals surface area contributed by atoms with Gasteiger partial charge in [0.05, 0.1) is 27.8 Å². The zero-order valence-corrected chi connectivity index (χ0v) is 16.5. The summed E-state index contributed by atoms with van der Waals surface area (Å²) in [7, 11) is 1.78. The van der Waals surface area contributed by atoms with Gasteiger partial charge in [-0.15, -0.1) is 11.3 Å². The number of aryl methyl sites for hydroxylation is 1. The first-order valence-corrected chi connectivity index (χ1v) is 10.2. The smallest absolute Gasteiger partial charge is 0.254 e. The number of carbonyl (C=O) groups is 1. The highest BCUT2D eigenvalue weighted by Crippen LogP contribution is 2.43. The first-order chi connectivity index (χ1) is 12.9. The van der Waals surface area contributed by atoms with Crippen LogP contribution < -0.4 is 5.56 Å². The molecule has 5 nitrogen and oxygen atoms in total. The molecule has 1 amide bonds. The number of nitrogens with zero attached hydrogens (tertiary/aromatic N) is 3. The van der Waals surface area contributed by atoms with E-state index in [1.807, 2.05) is 36.9 Å². The molecule has 0 bridgehead atoms. The van der Waals surface area contributed by atoms with E-state index < -0.39 is 0 Å². The number of benzene rings is 1. The van der Waals surface area contributed by atoms with Gasteiger partial charge in [0.15, 0.2) is 0 Å². The summed E-state index contributed by atoms with van der Waals surface area (Å²) in [6, 6.07) is 7.43. The minimum atomic E-state index is -0.0431. The Morgan fingerprint density at radius 1 is 1.26 bits per heavy atom. The van der Waals surface area contributed by atoms with Crippen molar-refractivity contribution in [3.05, 3.63) is 62.0 Å². The Kier molecular flexibility index (Phi) is 3.56. The van der Waals surface area contributed by atoms with Gasteiger partial charge in [0, 0.05) is 30.3 Å². The summed E-state index contributed by atoms with van der Waals surface area (Å²) in [4.78, 5) is 31.9. The van der Waals surface area contributed by atoms with Crippen molar-refractivity contribution < 1.29 is 4.79 Å². The molecule has 1 atom stereocenters. The quantitative estimate of drug-likeness (QED) is 0.679. The molecule has 1 unspecified atom stereocenters. The second-order valence-corrected chi connectivity index (χ2v) is 8.77. The van der Waals surface area contributed by atoms with Crippen molar-refractivity contribution in [2.24, 2.45) is 7.05 Å². The maximum atomic E-state index is 13.3. The molecule has 27 heavy (non-hydrogen) atoms. The summed E-state index contributed by atoms with van der Waals surface area (Å²) < 4.78 is 2.75. The highest BCUT2D eigenvalue weighted by Gasteiger charge is 2.34. The van der Waals surface area contributed by atoms with Crippen LogP contribution in [0.25, 0.3) is 10.2 Å². The highest BCUT2D eigenvalue weighted by atomic mass is 32.1. The molecule has 5 rings (SSSR count). The molecule has 2 aliphatic rings. The molecule has 1 aromatic carbocycles. The Bertz CT molecular complexity index is 1160. The lowest BCUT2D eigenvalue weighted by molar-refractivity contribution is 0.0703. The number of aromatic nitrogens is 2. The van der Waals surface area contributed by atoms with Crippen LogP contribution in [0.5, 0.6) is 0 Å². The summed E-state index contributed by atoms with van der Waals surface area (Å²) in [6.07, 6.45) is 2.46. The Hall–Kier alpha value is -2.47. The zero-order valence-electron chi connectivity index (χ0n) is 15.7. The molecule has 0 N–H and O–H groups in total. The molecule has 1 fully saturated rings. The van der Waals surface area contributed by atoms with Crippen LogP contribution in [0.3, 0.4) is 0 Å². The molecular formula is C21H21N3O2S. The predicted octanol–water partition coefficient (Wildman–Crippen LogP) is 3.90. The fraction of sp³-hybridized carbons (Fsp3) is 0.381. The third kappa shape index (κ3) is 2.54. The third-order valence-electron chi connectivity index (χ3n) is 5.86. The van der Waals surface area contributed by atoms with Gasteiger partial charge < -0.3 is 9.47 Å². The lowest BCUT2D eigenvalue weighted by Gasteiger charge is -2.22. The maximum Gasteiger partial charge on any atom is 0.254 e. The molecule has 2 aromatic heterocycles. The summed E-state index contributed by atoms with van der Waals surface area (Å²) in [5.74, 6) is 0.632. The van der Waals surface area contributed by atoms with Crippen molar-refractivity contribution in [3.63, 3.8) is 0 Å². The second kappa shape index (κ2) is 5.76. The van der Waals surface area contributed by atoms with E-state index in [0.29, 0.717) is 18.0 Å². The number of fused-ring (bicyclic) bond motifs is 2. The fourth-order valence-corrected chi connectivity index (χ4v) is 5.29. The minimum Gasteiger partial charge on any atom is -0.326 e. The average Bonchev–Trinajstić information content (AvgIpc) is 3.31. The largest absolute Gasteiger partial charge is 0.326 e. The maximum absolute atomic E-state index is 13.3. The predicted molar refractivity (Wildman–Crippen MR) is 106 cm³/mol. The van der Waals surface area contributed by atoms with Gasteiger partial charge in [0.2, 0.25) is 0 Å². The normalized spacial score (nSPS) is 18.9. The van der Waals surface area contributed by atoms with E-state index in [-0.39, 0.29) is 17.5 Å². The van der Waals surface area contributed by atoms with E-state index in [9.17, 15) is 9.59 Å². The molecule has 0 radical (unpaired) electrons. The monoisotopic (exact) mass is 379 g/mol. The van der Waals surface area contributed by atoms with Crippen molar-refractivity contribution in [2.75, 3.05) is 0 Å². The van der Waals surface area contributed by atoms with Crippen molar-refractivity contribution in [1.82, 2.24) is 14.5 Å². The van der Waals surface area contributed by atoms with Gasteiger partial charge in [0.1, 0.15) is 0 Å². The van der Waals surface area contributed by atoms with Crippen LogP contribution in [0.15, 0.2) is 29.1 Å². The van der Waals surface area contributed by atoms with Crippen molar-refractivity contribution in [1.29, 1.82) is 0 Å². The van der Waals surface area contributed by atoms with E-state index >= 15 is 0 Å². The molecule has 1 saturated carbocycles. The summed E-state index contributed by atoms with van der Waals surface area (Å²) in [5.41, 5.74) is 4.65. The topological polar surface area (TPSA) is 55.2 Å². The summed E-state index contributed by atoms with van der Waals surface area (Å²) >= 11 is 1.71. The van der Waals surface area contributed by atoms with Crippen LogP contribution in [0, 0.1) is 6.92 Å². The van der Waals surface area contributed by atoms with Crippen LogP contribution in [-0.2, 0) is 13.6 Å². The van der Waals surface area contributed by atoms with E-state index in [4.69, 9.17) is 4.98 Å².